The predicted octanol–water partition coefficient (Wildman–Crippen LogP) is -0.191. The highest BCUT2D eigenvalue weighted by Crippen LogP contribution is 2.03. The van der Waals surface area contributed by atoms with E-state index >= 15 is 0 Å². The van der Waals surface area contributed by atoms with Gasteiger partial charge >= 0.3 is 0 Å². The van der Waals surface area contributed by atoms with Gasteiger partial charge in [-0.05, 0) is 6.92 Å². The molecule has 1 aliphatic heterocycles. The molecule has 1 aromatic rings. The van der Waals surface area contributed by atoms with Crippen molar-refractivity contribution in [3.8, 4) is 0 Å². The molecule has 1 fully saturated rings. The standard InChI is InChI=1S/C11H15N3O2/c1-8-7-14(5-4-13-8)11(16)9-6-12-3-2-10(9)15/h2-3,6,8,13H,4-5,7H2,1H3,(H,12,15). The highest BCUT2D eigenvalue weighted by molar-refractivity contribution is 5.93. The van der Waals surface area contributed by atoms with Crippen molar-refractivity contribution < 1.29 is 4.79 Å². The number of carbonyl (C=O) groups is 1. The molecular formula is C11H15N3O2. The summed E-state index contributed by atoms with van der Waals surface area (Å²) in [5, 5.41) is 3.25. The number of piperazine rings is 1. The van der Waals surface area contributed by atoms with Crippen LogP contribution in [0.4, 0.5) is 0 Å². The number of hydrogen-bond acceptors (Lipinski definition) is 3. The Morgan fingerprint density at radius 2 is 2.38 bits per heavy atom. The first kappa shape index (κ1) is 10.9. The maximum absolute atomic E-state index is 12.0. The van der Waals surface area contributed by atoms with E-state index in [0.29, 0.717) is 13.1 Å². The second-order valence-electron chi connectivity index (χ2n) is 4.03. The lowest BCUT2D eigenvalue weighted by atomic mass is 10.2. The number of amides is 1. The molecule has 1 atom stereocenters. The van der Waals surface area contributed by atoms with Gasteiger partial charge in [-0.1, -0.05) is 0 Å². The zero-order valence-electron chi connectivity index (χ0n) is 9.19. The molecule has 5 nitrogen and oxygen atoms in total. The lowest BCUT2D eigenvalue weighted by molar-refractivity contribution is 0.0707. The van der Waals surface area contributed by atoms with Gasteiger partial charge in [0.1, 0.15) is 5.56 Å². The Kier molecular flexibility index (Phi) is 3.05. The summed E-state index contributed by atoms with van der Waals surface area (Å²) in [5.74, 6) is -0.185. The molecule has 86 valence electrons. The van der Waals surface area contributed by atoms with Crippen LogP contribution in [-0.4, -0.2) is 41.5 Å². The second-order valence-corrected chi connectivity index (χ2v) is 4.03. The van der Waals surface area contributed by atoms with E-state index in [2.05, 4.69) is 10.3 Å². The Labute approximate surface area is 93.5 Å². The molecule has 2 rings (SSSR count). The Morgan fingerprint density at radius 1 is 1.56 bits per heavy atom. The number of rotatable bonds is 1. The molecule has 0 radical (unpaired) electrons. The van der Waals surface area contributed by atoms with Crippen LogP contribution in [0.2, 0.25) is 0 Å². The third-order valence-electron chi connectivity index (χ3n) is 2.71. The van der Waals surface area contributed by atoms with E-state index < -0.39 is 0 Å². The summed E-state index contributed by atoms with van der Waals surface area (Å²) in [6, 6.07) is 1.65. The number of nitrogens with one attached hydrogen (secondary N) is 2. The molecule has 16 heavy (non-hydrogen) atoms. The maximum atomic E-state index is 12.0. The average molecular weight is 221 g/mol. The normalized spacial score (nSPS) is 20.8. The molecule has 0 saturated carbocycles. The van der Waals surface area contributed by atoms with E-state index in [-0.39, 0.29) is 22.9 Å². The van der Waals surface area contributed by atoms with E-state index in [4.69, 9.17) is 0 Å². The SMILES string of the molecule is CC1CN(C(=O)c2c[nH]ccc2=O)CCN1. The molecule has 0 spiro atoms. The highest BCUT2D eigenvalue weighted by Gasteiger charge is 2.22. The van der Waals surface area contributed by atoms with Crippen molar-refractivity contribution in [1.29, 1.82) is 0 Å². The first-order chi connectivity index (χ1) is 7.68. The van der Waals surface area contributed by atoms with Crippen LogP contribution in [0.3, 0.4) is 0 Å². The van der Waals surface area contributed by atoms with Crippen LogP contribution in [0.15, 0.2) is 23.3 Å². The van der Waals surface area contributed by atoms with Gasteiger partial charge in [-0.3, -0.25) is 9.59 Å². The van der Waals surface area contributed by atoms with Gasteiger partial charge in [0.15, 0.2) is 5.43 Å². The quantitative estimate of drug-likeness (QED) is 0.690. The summed E-state index contributed by atoms with van der Waals surface area (Å²) in [7, 11) is 0. The minimum Gasteiger partial charge on any atom is -0.367 e. The Bertz CT molecular complexity index is 441. The molecule has 1 unspecified atom stereocenters. The van der Waals surface area contributed by atoms with Crippen molar-refractivity contribution in [1.82, 2.24) is 15.2 Å². The van der Waals surface area contributed by atoms with Gasteiger partial charge in [0, 0.05) is 44.1 Å². The molecule has 0 aromatic carbocycles. The Balaban J connectivity index is 2.19. The summed E-state index contributed by atoms with van der Waals surface area (Å²) in [5.41, 5.74) is -0.00784. The molecule has 0 aliphatic carbocycles. The van der Waals surface area contributed by atoms with Crippen molar-refractivity contribution in [3.05, 3.63) is 34.2 Å². The minimum absolute atomic E-state index is 0.185. The van der Waals surface area contributed by atoms with Gasteiger partial charge in [-0.2, -0.15) is 0 Å². The second kappa shape index (κ2) is 4.49. The smallest absolute Gasteiger partial charge is 0.259 e. The number of nitrogens with zero attached hydrogens (tertiary/aromatic N) is 1. The van der Waals surface area contributed by atoms with Gasteiger partial charge in [-0.25, -0.2) is 0 Å². The van der Waals surface area contributed by atoms with Crippen molar-refractivity contribution in [2.24, 2.45) is 0 Å². The van der Waals surface area contributed by atoms with Crippen LogP contribution in [0.5, 0.6) is 0 Å². The molecule has 0 bridgehead atoms. The monoisotopic (exact) mass is 221 g/mol. The highest BCUT2D eigenvalue weighted by atomic mass is 16.2. The first-order valence-electron chi connectivity index (χ1n) is 5.38. The first-order valence-corrected chi connectivity index (χ1v) is 5.38. The fourth-order valence-corrected chi connectivity index (χ4v) is 1.87. The predicted molar refractivity (Wildman–Crippen MR) is 60.4 cm³/mol. The van der Waals surface area contributed by atoms with Gasteiger partial charge in [-0.15, -0.1) is 0 Å². The van der Waals surface area contributed by atoms with E-state index in [0.717, 1.165) is 6.54 Å². The van der Waals surface area contributed by atoms with Gasteiger partial charge < -0.3 is 15.2 Å². The summed E-state index contributed by atoms with van der Waals surface area (Å²) < 4.78 is 0. The molecule has 1 amide bonds. The van der Waals surface area contributed by atoms with Crippen molar-refractivity contribution in [2.75, 3.05) is 19.6 Å². The lowest BCUT2D eigenvalue weighted by Gasteiger charge is -2.31. The van der Waals surface area contributed by atoms with Crippen molar-refractivity contribution in [3.63, 3.8) is 0 Å². The fourth-order valence-electron chi connectivity index (χ4n) is 1.87. The molecule has 1 aliphatic rings. The van der Waals surface area contributed by atoms with Crippen LogP contribution in [0, 0.1) is 0 Å². The van der Waals surface area contributed by atoms with Crippen LogP contribution < -0.4 is 10.7 Å². The van der Waals surface area contributed by atoms with E-state index in [9.17, 15) is 9.59 Å². The van der Waals surface area contributed by atoms with Crippen molar-refractivity contribution in [2.45, 2.75) is 13.0 Å². The largest absolute Gasteiger partial charge is 0.367 e. The van der Waals surface area contributed by atoms with Gasteiger partial charge in [0.25, 0.3) is 5.91 Å². The van der Waals surface area contributed by atoms with Crippen LogP contribution in [-0.2, 0) is 0 Å². The number of H-pyrrole nitrogens is 1. The Morgan fingerprint density at radius 3 is 3.06 bits per heavy atom. The maximum Gasteiger partial charge on any atom is 0.259 e. The number of hydrogen-bond donors (Lipinski definition) is 2. The zero-order chi connectivity index (χ0) is 11.5. The zero-order valence-corrected chi connectivity index (χ0v) is 9.19. The summed E-state index contributed by atoms with van der Waals surface area (Å²) in [4.78, 5) is 28.0. The molecule has 5 heteroatoms. The van der Waals surface area contributed by atoms with Crippen molar-refractivity contribution >= 4 is 5.91 Å². The minimum atomic E-state index is -0.227. The number of pyridine rings is 1. The van der Waals surface area contributed by atoms with Crippen LogP contribution in [0.25, 0.3) is 0 Å². The topological polar surface area (TPSA) is 65.2 Å². The number of aromatic nitrogens is 1. The summed E-state index contributed by atoms with van der Waals surface area (Å²) in [6.07, 6.45) is 3.00. The third kappa shape index (κ3) is 2.14. The Hall–Kier alpha value is -1.62. The molecule has 2 N–H and O–H groups in total. The molecular weight excluding hydrogens is 206 g/mol. The van der Waals surface area contributed by atoms with Gasteiger partial charge in [0.05, 0.1) is 0 Å². The van der Waals surface area contributed by atoms with E-state index in [1.807, 2.05) is 6.92 Å². The van der Waals surface area contributed by atoms with E-state index in [1.54, 1.807) is 4.90 Å². The summed E-state index contributed by atoms with van der Waals surface area (Å²) >= 11 is 0. The molecule has 1 saturated heterocycles. The van der Waals surface area contributed by atoms with Crippen LogP contribution >= 0.6 is 0 Å². The van der Waals surface area contributed by atoms with E-state index in [1.165, 1.54) is 18.5 Å². The molecule has 2 heterocycles. The third-order valence-corrected chi connectivity index (χ3v) is 2.71. The van der Waals surface area contributed by atoms with Crippen LogP contribution in [0.1, 0.15) is 17.3 Å². The fraction of sp³-hybridized carbons (Fsp3) is 0.455. The summed E-state index contributed by atoms with van der Waals surface area (Å²) in [6.45, 7) is 4.09. The number of carbonyl (C=O) groups excluding carboxylic acids is 1. The lowest BCUT2D eigenvalue weighted by Crippen LogP contribution is -2.51. The average Bonchev–Trinajstić information content (AvgIpc) is 2.29. The molecule has 1 aromatic heterocycles. The van der Waals surface area contributed by atoms with Gasteiger partial charge in [0.2, 0.25) is 0 Å². The number of aromatic amines is 1.